The summed E-state index contributed by atoms with van der Waals surface area (Å²) in [6.07, 6.45) is 0. The van der Waals surface area contributed by atoms with Crippen LogP contribution < -0.4 is 10.9 Å². The molecule has 2 N–H and O–H groups in total. The van der Waals surface area contributed by atoms with Crippen molar-refractivity contribution < 1.29 is 10.0 Å². The molecule has 14 heavy (non-hydrogen) atoms. The fraction of sp³-hybridized carbons (Fsp3) is 0. The van der Waals surface area contributed by atoms with Crippen LogP contribution in [0.5, 0.6) is 0 Å². The lowest BCUT2D eigenvalue weighted by molar-refractivity contribution is 0.614. The molecule has 66 valence electrons. The Hall–Kier alpha value is -1.25. The van der Waals surface area contributed by atoms with Crippen LogP contribution >= 0.6 is 0 Å². The van der Waals surface area contributed by atoms with Gasteiger partial charge in [-0.2, -0.15) is 0 Å². The molecule has 0 saturated carbocycles. The van der Waals surface area contributed by atoms with Gasteiger partial charge in [-0.25, -0.2) is 0 Å². The molecule has 0 saturated heterocycles. The van der Waals surface area contributed by atoms with Gasteiger partial charge >= 0.3 is 15.0 Å². The number of hydrogen-bond acceptors (Lipinski definition) is 2. The summed E-state index contributed by atoms with van der Waals surface area (Å²) in [6, 6.07) is 11.2. The van der Waals surface area contributed by atoms with Crippen LogP contribution in [-0.4, -0.2) is 25.0 Å². The van der Waals surface area contributed by atoms with E-state index in [2.05, 4.69) is 0 Å². The molecule has 0 aliphatic heterocycles. The molecule has 2 rings (SSSR count). The largest absolute Gasteiger partial charge is 0.450 e. The molecule has 2 aromatic rings. The third-order valence-electron chi connectivity index (χ3n) is 2.19. The first-order valence-corrected chi connectivity index (χ1v) is 4.32. The van der Waals surface area contributed by atoms with E-state index in [1.54, 1.807) is 0 Å². The molecule has 2 aromatic carbocycles. The Bertz CT molecular complexity index is 414. The zero-order valence-corrected chi connectivity index (χ0v) is 7.51. The Morgan fingerprint density at radius 1 is 0.714 bits per heavy atom. The second kappa shape index (κ2) is 3.86. The molecule has 0 unspecified atom stereocenters. The Kier molecular flexibility index (Phi) is 2.57. The third kappa shape index (κ3) is 1.67. The summed E-state index contributed by atoms with van der Waals surface area (Å²) in [7, 11) is 2.15. The highest BCUT2D eigenvalue weighted by molar-refractivity contribution is 6.47. The first kappa shape index (κ1) is 9.31. The van der Waals surface area contributed by atoms with Gasteiger partial charge in [-0.1, -0.05) is 47.3 Å². The lowest BCUT2D eigenvalue weighted by atomic mass is 9.84. The number of rotatable bonds is 2. The Morgan fingerprint density at radius 2 is 1.14 bits per heavy atom. The molecule has 2 radical (unpaired) electrons. The second-order valence-electron chi connectivity index (χ2n) is 3.12. The summed E-state index contributed by atoms with van der Waals surface area (Å²) >= 11 is 0. The van der Waals surface area contributed by atoms with Gasteiger partial charge in [0.05, 0.1) is 0 Å². The van der Waals surface area contributed by atoms with Gasteiger partial charge in [0.25, 0.3) is 0 Å². The van der Waals surface area contributed by atoms with Gasteiger partial charge < -0.3 is 10.0 Å². The molecule has 0 spiro atoms. The van der Waals surface area contributed by atoms with Gasteiger partial charge in [0, 0.05) is 0 Å². The standard InChI is InChI=1S/C10H8B2O2/c13-11-9-3-1-7-5-10(12-14)4-2-8(7)6-9/h1-6,13-14H. The van der Waals surface area contributed by atoms with Crippen molar-refractivity contribution in [1.82, 2.24) is 0 Å². The number of benzene rings is 2. The van der Waals surface area contributed by atoms with Crippen molar-refractivity contribution in [2.45, 2.75) is 0 Å². The van der Waals surface area contributed by atoms with Crippen LogP contribution in [0.3, 0.4) is 0 Å². The molecule has 0 bridgehead atoms. The van der Waals surface area contributed by atoms with Crippen LogP contribution in [0.2, 0.25) is 0 Å². The normalized spacial score (nSPS) is 10.1. The summed E-state index contributed by atoms with van der Waals surface area (Å²) in [4.78, 5) is 0. The fourth-order valence-corrected chi connectivity index (χ4v) is 1.44. The van der Waals surface area contributed by atoms with Crippen LogP contribution in [0.1, 0.15) is 0 Å². The smallest absolute Gasteiger partial charge is 0.326 e. The van der Waals surface area contributed by atoms with Crippen LogP contribution in [-0.2, 0) is 0 Å². The molecule has 0 heterocycles. The van der Waals surface area contributed by atoms with Crippen molar-refractivity contribution in [3.63, 3.8) is 0 Å². The van der Waals surface area contributed by atoms with E-state index >= 15 is 0 Å². The Morgan fingerprint density at radius 3 is 1.50 bits per heavy atom. The van der Waals surface area contributed by atoms with Crippen molar-refractivity contribution in [2.24, 2.45) is 0 Å². The molecule has 4 heteroatoms. The van der Waals surface area contributed by atoms with E-state index in [1.165, 1.54) is 0 Å². The molecule has 0 aliphatic rings. The molecule has 0 amide bonds. The van der Waals surface area contributed by atoms with E-state index in [0.29, 0.717) is 0 Å². The Balaban J connectivity index is 2.57. The van der Waals surface area contributed by atoms with Gasteiger partial charge in [0.1, 0.15) is 0 Å². The highest BCUT2D eigenvalue weighted by Crippen LogP contribution is 2.09. The molecule has 2 nitrogen and oxygen atoms in total. The van der Waals surface area contributed by atoms with E-state index in [4.69, 9.17) is 10.0 Å². The van der Waals surface area contributed by atoms with Gasteiger partial charge in [0.15, 0.2) is 0 Å². The maximum Gasteiger partial charge on any atom is 0.326 e. The van der Waals surface area contributed by atoms with Crippen LogP contribution in [0.15, 0.2) is 36.4 Å². The summed E-state index contributed by atoms with van der Waals surface area (Å²) < 4.78 is 0. The fourth-order valence-electron chi connectivity index (χ4n) is 1.44. The lowest BCUT2D eigenvalue weighted by Gasteiger charge is -2.01. The zero-order chi connectivity index (χ0) is 9.97. The SMILES string of the molecule is O[B]c1ccc2cc([B]O)ccc2c1. The summed E-state index contributed by atoms with van der Waals surface area (Å²) in [5.74, 6) is 0. The predicted molar refractivity (Wildman–Crippen MR) is 59.2 cm³/mol. The minimum Gasteiger partial charge on any atom is -0.450 e. The van der Waals surface area contributed by atoms with Crippen molar-refractivity contribution >= 4 is 36.7 Å². The first-order chi connectivity index (χ1) is 6.83. The topological polar surface area (TPSA) is 40.5 Å². The minimum absolute atomic E-state index is 0.776. The summed E-state index contributed by atoms with van der Waals surface area (Å²) in [5, 5.41) is 19.7. The molecule has 0 atom stereocenters. The van der Waals surface area contributed by atoms with Gasteiger partial charge in [-0.15, -0.1) is 0 Å². The van der Waals surface area contributed by atoms with Gasteiger partial charge in [-0.3, -0.25) is 0 Å². The minimum atomic E-state index is 0.776. The molecular formula is C10H8B2O2. The van der Waals surface area contributed by atoms with E-state index in [-0.39, 0.29) is 0 Å². The molecule has 0 fully saturated rings. The first-order valence-electron chi connectivity index (χ1n) is 4.32. The summed E-state index contributed by atoms with van der Waals surface area (Å²) in [5.41, 5.74) is 1.55. The van der Waals surface area contributed by atoms with E-state index < -0.39 is 0 Å². The van der Waals surface area contributed by atoms with Crippen molar-refractivity contribution in [1.29, 1.82) is 0 Å². The summed E-state index contributed by atoms with van der Waals surface area (Å²) in [6.45, 7) is 0. The highest BCUT2D eigenvalue weighted by Gasteiger charge is 1.99. The van der Waals surface area contributed by atoms with Crippen molar-refractivity contribution in [3.8, 4) is 0 Å². The molecule has 0 aromatic heterocycles. The average Bonchev–Trinajstić information content (AvgIpc) is 2.27. The quantitative estimate of drug-likeness (QED) is 0.603. The highest BCUT2D eigenvalue weighted by atomic mass is 16.2. The van der Waals surface area contributed by atoms with E-state index in [1.807, 2.05) is 36.4 Å². The number of hydrogen-bond donors (Lipinski definition) is 2. The van der Waals surface area contributed by atoms with Crippen molar-refractivity contribution in [2.75, 3.05) is 0 Å². The average molecular weight is 182 g/mol. The molecule has 0 aliphatic carbocycles. The van der Waals surface area contributed by atoms with Gasteiger partial charge in [0.2, 0.25) is 0 Å². The zero-order valence-electron chi connectivity index (χ0n) is 7.51. The Labute approximate surface area is 83.7 Å². The maximum atomic E-state index is 8.83. The van der Waals surface area contributed by atoms with Crippen LogP contribution in [0.4, 0.5) is 0 Å². The van der Waals surface area contributed by atoms with Gasteiger partial charge in [-0.05, 0) is 10.8 Å². The predicted octanol–water partition coefficient (Wildman–Crippen LogP) is -0.687. The molecular weight excluding hydrogens is 174 g/mol. The van der Waals surface area contributed by atoms with E-state index in [0.717, 1.165) is 36.7 Å². The second-order valence-corrected chi connectivity index (χ2v) is 3.12. The maximum absolute atomic E-state index is 8.83. The number of fused-ring (bicyclic) bond motifs is 1. The van der Waals surface area contributed by atoms with Crippen LogP contribution in [0, 0.1) is 0 Å². The lowest BCUT2D eigenvalue weighted by Crippen LogP contribution is -2.14. The van der Waals surface area contributed by atoms with Crippen LogP contribution in [0.25, 0.3) is 10.8 Å². The van der Waals surface area contributed by atoms with E-state index in [9.17, 15) is 0 Å². The van der Waals surface area contributed by atoms with Crippen molar-refractivity contribution in [3.05, 3.63) is 36.4 Å². The third-order valence-corrected chi connectivity index (χ3v) is 2.19. The monoisotopic (exact) mass is 182 g/mol.